The first-order valence-electron chi connectivity index (χ1n) is 6.47. The highest BCUT2D eigenvalue weighted by Gasteiger charge is 2.22. The third-order valence-electron chi connectivity index (χ3n) is 3.14. The van der Waals surface area contributed by atoms with Crippen LogP contribution in [-0.2, 0) is 23.1 Å². The molecular weight excluding hydrogens is 354 g/mol. The zero-order valence-corrected chi connectivity index (χ0v) is 14.3. The average Bonchev–Trinajstić information content (AvgIpc) is 2.91. The second kappa shape index (κ2) is 6.74. The van der Waals surface area contributed by atoms with Crippen LogP contribution in [0, 0.1) is 0 Å². The molecule has 1 heterocycles. The Morgan fingerprint density at radius 2 is 2.05 bits per heavy atom. The highest BCUT2D eigenvalue weighted by Crippen LogP contribution is 2.21. The Labute approximate surface area is 133 Å². The third kappa shape index (κ3) is 3.74. The Kier molecular flexibility index (Phi) is 5.21. The summed E-state index contributed by atoms with van der Waals surface area (Å²) in [6.45, 7) is 0.916. The van der Waals surface area contributed by atoms with Gasteiger partial charge in [0.2, 0.25) is 10.0 Å². The first-order valence-corrected chi connectivity index (χ1v) is 8.70. The van der Waals surface area contributed by atoms with Crippen LogP contribution in [0.2, 0.25) is 0 Å². The molecule has 5 nitrogen and oxygen atoms in total. The van der Waals surface area contributed by atoms with Crippen molar-refractivity contribution in [2.45, 2.75) is 18.0 Å². The maximum atomic E-state index is 12.5. The lowest BCUT2D eigenvalue weighted by atomic mass is 10.2. The number of halogens is 1. The van der Waals surface area contributed by atoms with E-state index >= 15 is 0 Å². The quantitative estimate of drug-likeness (QED) is 0.818. The molecule has 0 atom stereocenters. The summed E-state index contributed by atoms with van der Waals surface area (Å²) in [6.07, 6.45) is 1.53. The molecule has 21 heavy (non-hydrogen) atoms. The minimum Gasteiger partial charge on any atom is -0.363 e. The summed E-state index contributed by atoms with van der Waals surface area (Å²) >= 11 is 3.44. The minimum absolute atomic E-state index is 0.280. The first-order chi connectivity index (χ1) is 9.95. The van der Waals surface area contributed by atoms with Crippen molar-refractivity contribution in [1.82, 2.24) is 14.6 Å². The lowest BCUT2D eigenvalue weighted by molar-refractivity contribution is 0.466. The highest BCUT2D eigenvalue weighted by atomic mass is 79.9. The molecule has 0 aliphatic carbocycles. The van der Waals surface area contributed by atoms with Gasteiger partial charge in [-0.3, -0.25) is 0 Å². The van der Waals surface area contributed by atoms with Crippen molar-refractivity contribution in [2.24, 2.45) is 0 Å². The summed E-state index contributed by atoms with van der Waals surface area (Å²) < 4.78 is 27.3. The number of sulfonamides is 1. The van der Waals surface area contributed by atoms with Crippen molar-refractivity contribution in [3.63, 3.8) is 0 Å². The number of rotatable bonds is 6. The van der Waals surface area contributed by atoms with E-state index in [2.05, 4.69) is 26.2 Å². The van der Waals surface area contributed by atoms with E-state index in [-0.39, 0.29) is 4.90 Å². The van der Waals surface area contributed by atoms with Gasteiger partial charge in [-0.1, -0.05) is 34.1 Å². The number of hydrogen-bond donors (Lipinski definition) is 2. The molecule has 0 amide bonds. The summed E-state index contributed by atoms with van der Waals surface area (Å²) in [7, 11) is -0.102. The second-order valence-electron chi connectivity index (χ2n) is 4.74. The summed E-state index contributed by atoms with van der Waals surface area (Å²) in [5.41, 5.74) is 1.76. The molecule has 0 fully saturated rings. The molecule has 0 aliphatic rings. The zero-order chi connectivity index (χ0) is 15.5. The number of hydrogen-bond acceptors (Lipinski definition) is 3. The molecule has 0 saturated heterocycles. The minimum atomic E-state index is -3.50. The van der Waals surface area contributed by atoms with Crippen LogP contribution in [-0.4, -0.2) is 31.8 Å². The molecule has 0 spiro atoms. The highest BCUT2D eigenvalue weighted by molar-refractivity contribution is 9.10. The van der Waals surface area contributed by atoms with Gasteiger partial charge in [0.15, 0.2) is 0 Å². The van der Waals surface area contributed by atoms with Gasteiger partial charge in [0, 0.05) is 36.5 Å². The molecule has 1 aromatic carbocycles. The normalized spacial score (nSPS) is 12.0. The predicted molar refractivity (Wildman–Crippen MR) is 86.4 cm³/mol. The van der Waals surface area contributed by atoms with E-state index in [1.807, 2.05) is 31.3 Å². The van der Waals surface area contributed by atoms with Crippen molar-refractivity contribution in [1.29, 1.82) is 0 Å². The lowest BCUT2D eigenvalue weighted by Crippen LogP contribution is -2.26. The molecule has 2 N–H and O–H groups in total. The molecule has 2 rings (SSSR count). The largest absolute Gasteiger partial charge is 0.363 e. The van der Waals surface area contributed by atoms with Crippen LogP contribution >= 0.6 is 15.9 Å². The van der Waals surface area contributed by atoms with Crippen molar-refractivity contribution >= 4 is 26.0 Å². The van der Waals surface area contributed by atoms with Crippen molar-refractivity contribution < 1.29 is 8.42 Å². The van der Waals surface area contributed by atoms with Crippen molar-refractivity contribution in [3.8, 4) is 0 Å². The maximum absolute atomic E-state index is 12.5. The van der Waals surface area contributed by atoms with Gasteiger partial charge in [-0.25, -0.2) is 8.42 Å². The number of benzene rings is 1. The zero-order valence-electron chi connectivity index (χ0n) is 11.9. The average molecular weight is 372 g/mol. The fraction of sp³-hybridized carbons (Fsp3) is 0.286. The van der Waals surface area contributed by atoms with Crippen LogP contribution in [0.25, 0.3) is 0 Å². The monoisotopic (exact) mass is 371 g/mol. The summed E-state index contributed by atoms with van der Waals surface area (Å²) in [5, 5.41) is 2.98. The van der Waals surface area contributed by atoms with Crippen LogP contribution in [0.1, 0.15) is 11.3 Å². The fourth-order valence-corrected chi connectivity index (χ4v) is 3.57. The molecule has 1 aromatic heterocycles. The van der Waals surface area contributed by atoms with Gasteiger partial charge in [-0.2, -0.15) is 4.31 Å². The van der Waals surface area contributed by atoms with Gasteiger partial charge in [0.25, 0.3) is 0 Å². The SMILES string of the molecule is CNCc1cc(S(=O)(=O)N(C)Cc2ccccc2Br)c[nH]1. The molecule has 0 bridgehead atoms. The topological polar surface area (TPSA) is 65.2 Å². The van der Waals surface area contributed by atoms with Crippen LogP contribution in [0.15, 0.2) is 45.9 Å². The number of nitrogens with one attached hydrogen (secondary N) is 2. The molecule has 0 saturated carbocycles. The summed E-state index contributed by atoms with van der Waals surface area (Å²) in [4.78, 5) is 3.25. The molecule has 114 valence electrons. The van der Waals surface area contributed by atoms with Gasteiger partial charge >= 0.3 is 0 Å². The maximum Gasteiger partial charge on any atom is 0.244 e. The third-order valence-corrected chi connectivity index (χ3v) is 5.70. The van der Waals surface area contributed by atoms with E-state index in [0.717, 1.165) is 15.7 Å². The molecule has 7 heteroatoms. The number of nitrogens with zero attached hydrogens (tertiary/aromatic N) is 1. The number of H-pyrrole nitrogens is 1. The van der Waals surface area contributed by atoms with Crippen LogP contribution in [0.5, 0.6) is 0 Å². The molecular formula is C14H18BrN3O2S. The van der Waals surface area contributed by atoms with E-state index in [9.17, 15) is 8.42 Å². The van der Waals surface area contributed by atoms with Gasteiger partial charge in [-0.05, 0) is 24.7 Å². The Morgan fingerprint density at radius 1 is 1.33 bits per heavy atom. The summed E-state index contributed by atoms with van der Waals surface area (Å²) in [6, 6.07) is 9.25. The Morgan fingerprint density at radius 3 is 2.71 bits per heavy atom. The van der Waals surface area contributed by atoms with Gasteiger partial charge in [0.05, 0.1) is 4.90 Å². The first kappa shape index (κ1) is 16.2. The van der Waals surface area contributed by atoms with E-state index in [1.54, 1.807) is 13.1 Å². The van der Waals surface area contributed by atoms with Crippen LogP contribution < -0.4 is 5.32 Å². The molecule has 0 radical (unpaired) electrons. The molecule has 0 aliphatic heterocycles. The molecule has 2 aromatic rings. The Hall–Kier alpha value is -1.15. The number of aromatic amines is 1. The second-order valence-corrected chi connectivity index (χ2v) is 7.64. The predicted octanol–water partition coefficient (Wildman–Crippen LogP) is 2.32. The van der Waals surface area contributed by atoms with E-state index < -0.39 is 10.0 Å². The van der Waals surface area contributed by atoms with Gasteiger partial charge in [0.1, 0.15) is 0 Å². The standard InChI is InChI=1S/C14H18BrN3O2S/c1-16-8-12-7-13(9-17-12)21(19,20)18(2)10-11-5-3-4-6-14(11)15/h3-7,9,16-17H,8,10H2,1-2H3. The smallest absolute Gasteiger partial charge is 0.244 e. The van der Waals surface area contributed by atoms with Crippen LogP contribution in [0.4, 0.5) is 0 Å². The Bertz CT molecular complexity index is 713. The van der Waals surface area contributed by atoms with E-state index in [1.165, 1.54) is 10.5 Å². The van der Waals surface area contributed by atoms with Crippen molar-refractivity contribution in [2.75, 3.05) is 14.1 Å². The Balaban J connectivity index is 2.20. The fourth-order valence-electron chi connectivity index (χ4n) is 1.99. The van der Waals surface area contributed by atoms with Gasteiger partial charge < -0.3 is 10.3 Å². The van der Waals surface area contributed by atoms with Crippen molar-refractivity contribution in [3.05, 3.63) is 52.3 Å². The molecule has 0 unspecified atom stereocenters. The van der Waals surface area contributed by atoms with E-state index in [4.69, 9.17) is 0 Å². The number of aromatic nitrogens is 1. The lowest BCUT2D eigenvalue weighted by Gasteiger charge is -2.17. The van der Waals surface area contributed by atoms with Gasteiger partial charge in [-0.15, -0.1) is 0 Å². The van der Waals surface area contributed by atoms with Crippen LogP contribution in [0.3, 0.4) is 0 Å². The summed E-state index contributed by atoms with van der Waals surface area (Å²) in [5.74, 6) is 0. The van der Waals surface area contributed by atoms with E-state index in [0.29, 0.717) is 13.1 Å².